The monoisotopic (exact) mass is 312 g/mol. The van der Waals surface area contributed by atoms with Crippen LogP contribution in [0.1, 0.15) is 38.7 Å². The summed E-state index contributed by atoms with van der Waals surface area (Å²) in [5.74, 6) is -4.93. The van der Waals surface area contributed by atoms with Crippen LogP contribution < -0.4 is 5.32 Å². The molecule has 21 heavy (non-hydrogen) atoms. The highest BCUT2D eigenvalue weighted by molar-refractivity contribution is 7.09. The summed E-state index contributed by atoms with van der Waals surface area (Å²) in [7, 11) is 0. The molecule has 0 radical (unpaired) electrons. The molecule has 2 N–H and O–H groups in total. The second kappa shape index (κ2) is 5.96. The Labute approximate surface area is 122 Å². The summed E-state index contributed by atoms with van der Waals surface area (Å²) < 4.78 is 26.3. The van der Waals surface area contributed by atoms with E-state index in [1.165, 1.54) is 11.3 Å². The van der Waals surface area contributed by atoms with E-state index in [0.29, 0.717) is 17.1 Å². The first-order valence-electron chi connectivity index (χ1n) is 5.82. The van der Waals surface area contributed by atoms with Gasteiger partial charge in [0.2, 0.25) is 0 Å². The predicted octanol–water partition coefficient (Wildman–Crippen LogP) is 2.61. The molecule has 1 amide bonds. The summed E-state index contributed by atoms with van der Waals surface area (Å²) in [6.45, 7) is 1.65. The highest BCUT2D eigenvalue weighted by Crippen LogP contribution is 2.19. The normalized spacial score (nSPS) is 12.0. The molecule has 0 spiro atoms. The van der Waals surface area contributed by atoms with Crippen LogP contribution in [0, 0.1) is 11.6 Å². The molecule has 2 aromatic rings. The molecule has 8 heteroatoms. The van der Waals surface area contributed by atoms with Gasteiger partial charge in [-0.3, -0.25) is 4.79 Å². The number of thiazole rings is 1. The number of carbonyl (C=O) groups excluding carboxylic acids is 1. The second-order valence-electron chi connectivity index (χ2n) is 4.18. The van der Waals surface area contributed by atoms with Gasteiger partial charge < -0.3 is 10.4 Å². The van der Waals surface area contributed by atoms with Crippen molar-refractivity contribution in [3.8, 4) is 0 Å². The predicted molar refractivity (Wildman–Crippen MR) is 71.3 cm³/mol. The smallest absolute Gasteiger partial charge is 0.336 e. The van der Waals surface area contributed by atoms with E-state index in [0.717, 1.165) is 0 Å². The Bertz CT molecular complexity index is 689. The molecule has 2 rings (SSSR count). The number of benzene rings is 1. The Morgan fingerprint density at radius 2 is 1.90 bits per heavy atom. The topological polar surface area (TPSA) is 79.3 Å². The third-order valence-electron chi connectivity index (χ3n) is 2.70. The van der Waals surface area contributed by atoms with Crippen molar-refractivity contribution < 1.29 is 23.5 Å². The molecular formula is C13H10F2N2O3S. The number of nitrogens with one attached hydrogen (secondary N) is 1. The van der Waals surface area contributed by atoms with Crippen molar-refractivity contribution in [1.82, 2.24) is 10.3 Å². The van der Waals surface area contributed by atoms with Gasteiger partial charge in [0.15, 0.2) is 11.6 Å². The van der Waals surface area contributed by atoms with Gasteiger partial charge in [-0.15, -0.1) is 11.3 Å². The van der Waals surface area contributed by atoms with Crippen LogP contribution in [-0.4, -0.2) is 22.0 Å². The van der Waals surface area contributed by atoms with Crippen molar-refractivity contribution in [3.05, 3.63) is 51.5 Å². The highest BCUT2D eigenvalue weighted by atomic mass is 32.1. The number of halogens is 2. The lowest BCUT2D eigenvalue weighted by molar-refractivity contribution is 0.0689. The van der Waals surface area contributed by atoms with E-state index >= 15 is 0 Å². The largest absolute Gasteiger partial charge is 0.478 e. The molecule has 110 valence electrons. The van der Waals surface area contributed by atoms with Crippen LogP contribution in [0.5, 0.6) is 0 Å². The van der Waals surface area contributed by atoms with E-state index in [4.69, 9.17) is 5.11 Å². The van der Waals surface area contributed by atoms with Crippen LogP contribution in [0.2, 0.25) is 0 Å². The number of aromatic carboxylic acids is 1. The van der Waals surface area contributed by atoms with Crippen LogP contribution in [-0.2, 0) is 0 Å². The van der Waals surface area contributed by atoms with E-state index in [2.05, 4.69) is 10.3 Å². The fourth-order valence-corrected chi connectivity index (χ4v) is 2.34. The maximum Gasteiger partial charge on any atom is 0.336 e. The molecule has 0 fully saturated rings. The van der Waals surface area contributed by atoms with Crippen LogP contribution in [0.25, 0.3) is 0 Å². The number of hydrogen-bond donors (Lipinski definition) is 2. The van der Waals surface area contributed by atoms with Gasteiger partial charge in [-0.05, 0) is 19.1 Å². The minimum Gasteiger partial charge on any atom is -0.478 e. The van der Waals surface area contributed by atoms with E-state index < -0.39 is 40.7 Å². The van der Waals surface area contributed by atoms with Gasteiger partial charge in [-0.1, -0.05) is 0 Å². The summed E-state index contributed by atoms with van der Waals surface area (Å²) in [5.41, 5.74) is -1.04. The Hall–Kier alpha value is -2.35. The van der Waals surface area contributed by atoms with Crippen molar-refractivity contribution in [2.75, 3.05) is 0 Å². The van der Waals surface area contributed by atoms with Crippen molar-refractivity contribution in [1.29, 1.82) is 0 Å². The maximum absolute atomic E-state index is 13.2. The Balaban J connectivity index is 2.30. The lowest BCUT2D eigenvalue weighted by atomic mass is 10.1. The van der Waals surface area contributed by atoms with Gasteiger partial charge in [0.25, 0.3) is 5.91 Å². The number of nitrogens with zero attached hydrogens (tertiary/aromatic N) is 1. The molecule has 1 unspecified atom stereocenters. The SMILES string of the molecule is CC(NC(=O)c1cc(F)c(F)cc1C(=O)O)c1nccs1. The van der Waals surface area contributed by atoms with Crippen molar-refractivity contribution in [2.45, 2.75) is 13.0 Å². The molecule has 0 saturated heterocycles. The molecule has 0 bridgehead atoms. The molecule has 0 aliphatic rings. The fraction of sp³-hybridized carbons (Fsp3) is 0.154. The van der Waals surface area contributed by atoms with Gasteiger partial charge in [0.1, 0.15) is 5.01 Å². The lowest BCUT2D eigenvalue weighted by Gasteiger charge is -2.13. The first-order chi connectivity index (χ1) is 9.90. The van der Waals surface area contributed by atoms with E-state index in [1.807, 2.05) is 0 Å². The van der Waals surface area contributed by atoms with E-state index in [-0.39, 0.29) is 0 Å². The molecular weight excluding hydrogens is 302 g/mol. The van der Waals surface area contributed by atoms with Crippen molar-refractivity contribution in [3.63, 3.8) is 0 Å². The van der Waals surface area contributed by atoms with Gasteiger partial charge in [0.05, 0.1) is 17.2 Å². The molecule has 0 aliphatic carbocycles. The van der Waals surface area contributed by atoms with Crippen molar-refractivity contribution in [2.24, 2.45) is 0 Å². The summed E-state index contributed by atoms with van der Waals surface area (Å²) in [6, 6.07) is 0.579. The summed E-state index contributed by atoms with van der Waals surface area (Å²) in [6.07, 6.45) is 1.56. The standard InChI is InChI=1S/C13H10F2N2O3S/c1-6(12-16-2-3-21-12)17-11(18)7-4-9(14)10(15)5-8(7)13(19)20/h2-6H,1H3,(H,17,18)(H,19,20). The van der Waals surface area contributed by atoms with Crippen LogP contribution in [0.15, 0.2) is 23.7 Å². The molecule has 1 atom stereocenters. The van der Waals surface area contributed by atoms with Crippen LogP contribution >= 0.6 is 11.3 Å². The molecule has 5 nitrogen and oxygen atoms in total. The van der Waals surface area contributed by atoms with Gasteiger partial charge >= 0.3 is 5.97 Å². The first kappa shape index (κ1) is 15.0. The van der Waals surface area contributed by atoms with Crippen LogP contribution in [0.3, 0.4) is 0 Å². The minimum atomic E-state index is -1.51. The Morgan fingerprint density at radius 3 is 2.43 bits per heavy atom. The molecule has 1 aromatic heterocycles. The molecule has 1 aromatic carbocycles. The fourth-order valence-electron chi connectivity index (χ4n) is 1.70. The number of rotatable bonds is 4. The van der Waals surface area contributed by atoms with Crippen LogP contribution in [0.4, 0.5) is 8.78 Å². The Kier molecular flexibility index (Phi) is 4.27. The van der Waals surface area contributed by atoms with Gasteiger partial charge in [-0.2, -0.15) is 0 Å². The number of aromatic nitrogens is 1. The summed E-state index contributed by atoms with van der Waals surface area (Å²) in [5, 5.41) is 13.8. The molecule has 1 heterocycles. The Morgan fingerprint density at radius 1 is 1.29 bits per heavy atom. The zero-order chi connectivity index (χ0) is 15.6. The quantitative estimate of drug-likeness (QED) is 0.909. The molecule has 0 saturated carbocycles. The first-order valence-corrected chi connectivity index (χ1v) is 6.70. The highest BCUT2D eigenvalue weighted by Gasteiger charge is 2.22. The van der Waals surface area contributed by atoms with Crippen molar-refractivity contribution >= 4 is 23.2 Å². The third-order valence-corrected chi connectivity index (χ3v) is 3.66. The zero-order valence-corrected chi connectivity index (χ0v) is 11.6. The number of carboxylic acids is 1. The average molecular weight is 312 g/mol. The summed E-state index contributed by atoms with van der Waals surface area (Å²) in [4.78, 5) is 27.1. The van der Waals surface area contributed by atoms with E-state index in [9.17, 15) is 18.4 Å². The van der Waals surface area contributed by atoms with Gasteiger partial charge in [-0.25, -0.2) is 18.6 Å². The molecule has 0 aliphatic heterocycles. The van der Waals surface area contributed by atoms with Gasteiger partial charge in [0, 0.05) is 11.6 Å². The number of carboxylic acid groups (broad SMARTS) is 1. The number of hydrogen-bond acceptors (Lipinski definition) is 4. The maximum atomic E-state index is 13.2. The average Bonchev–Trinajstić information content (AvgIpc) is 2.95. The van der Waals surface area contributed by atoms with E-state index in [1.54, 1.807) is 18.5 Å². The summed E-state index contributed by atoms with van der Waals surface area (Å²) >= 11 is 1.31. The minimum absolute atomic E-state index is 0.440. The third kappa shape index (κ3) is 3.22. The zero-order valence-electron chi connectivity index (χ0n) is 10.8. The number of amides is 1. The second-order valence-corrected chi connectivity index (χ2v) is 5.11. The number of carbonyl (C=O) groups is 2. The lowest BCUT2D eigenvalue weighted by Crippen LogP contribution is -2.28.